The van der Waals surface area contributed by atoms with Gasteiger partial charge < -0.3 is 5.11 Å². The van der Waals surface area contributed by atoms with Gasteiger partial charge in [0.1, 0.15) is 5.75 Å². The van der Waals surface area contributed by atoms with Crippen LogP contribution in [0.4, 0.5) is 0 Å². The summed E-state index contributed by atoms with van der Waals surface area (Å²) in [6.07, 6.45) is 1.51. The summed E-state index contributed by atoms with van der Waals surface area (Å²) >= 11 is 3.30. The van der Waals surface area contributed by atoms with Gasteiger partial charge in [0.25, 0.3) is 5.91 Å². The molecule has 0 aliphatic carbocycles. The van der Waals surface area contributed by atoms with Crippen molar-refractivity contribution in [3.8, 4) is 5.75 Å². The second-order valence-corrected chi connectivity index (χ2v) is 4.72. The van der Waals surface area contributed by atoms with E-state index < -0.39 is 0 Å². The number of rotatable bonds is 3. The second-order valence-electron chi connectivity index (χ2n) is 3.80. The molecule has 0 atom stereocenters. The topological polar surface area (TPSA) is 61.7 Å². The van der Waals surface area contributed by atoms with Gasteiger partial charge in [0.05, 0.1) is 6.21 Å². The first-order valence-electron chi connectivity index (χ1n) is 6.53. The monoisotopic (exact) mass is 348 g/mol. The number of amides is 1. The minimum Gasteiger partial charge on any atom is -0.508 e. The largest absolute Gasteiger partial charge is 0.508 e. The quantitative estimate of drug-likeness (QED) is 0.651. The molecular formula is C16H17BrN2O2. The average Bonchev–Trinajstić information content (AvgIpc) is 2.51. The van der Waals surface area contributed by atoms with Crippen LogP contribution in [0.3, 0.4) is 0 Å². The van der Waals surface area contributed by atoms with Crippen LogP contribution in [-0.4, -0.2) is 17.2 Å². The Labute approximate surface area is 132 Å². The molecule has 2 aromatic rings. The Bertz CT molecular complexity index is 610. The van der Waals surface area contributed by atoms with Crippen LogP contribution in [0.25, 0.3) is 0 Å². The molecule has 5 heteroatoms. The van der Waals surface area contributed by atoms with Gasteiger partial charge in [-0.15, -0.1) is 0 Å². The van der Waals surface area contributed by atoms with Crippen LogP contribution in [-0.2, 0) is 0 Å². The Morgan fingerprint density at radius 3 is 2.48 bits per heavy atom. The van der Waals surface area contributed by atoms with Crippen LogP contribution >= 0.6 is 15.9 Å². The Hall–Kier alpha value is -2.14. The number of nitrogens with one attached hydrogen (secondary N) is 1. The van der Waals surface area contributed by atoms with E-state index in [2.05, 4.69) is 26.5 Å². The standard InChI is InChI=1S/C14H11BrN2O2.C2H6/c15-12-3-1-2-11(8-12)14(19)17-16-9-10-4-6-13(18)7-5-10;1-2/h1-9,18H,(H,17,19);1-2H3/b16-9+;. The van der Waals surface area contributed by atoms with Crippen molar-refractivity contribution in [2.75, 3.05) is 0 Å². The lowest BCUT2D eigenvalue weighted by atomic mass is 10.2. The first-order chi connectivity index (χ1) is 10.1. The molecule has 0 unspecified atom stereocenters. The number of carbonyl (C=O) groups excluding carboxylic acids is 1. The lowest BCUT2D eigenvalue weighted by Crippen LogP contribution is -2.17. The smallest absolute Gasteiger partial charge is 0.271 e. The van der Waals surface area contributed by atoms with E-state index in [-0.39, 0.29) is 11.7 Å². The normalized spacial score (nSPS) is 9.86. The molecule has 4 nitrogen and oxygen atoms in total. The summed E-state index contributed by atoms with van der Waals surface area (Å²) < 4.78 is 0.836. The molecule has 21 heavy (non-hydrogen) atoms. The fourth-order valence-electron chi connectivity index (χ4n) is 1.42. The van der Waals surface area contributed by atoms with E-state index in [4.69, 9.17) is 5.11 Å². The van der Waals surface area contributed by atoms with Gasteiger partial charge in [-0.25, -0.2) is 5.43 Å². The molecule has 2 N–H and O–H groups in total. The van der Waals surface area contributed by atoms with Gasteiger partial charge in [-0.3, -0.25) is 4.79 Å². The number of hydrogen-bond donors (Lipinski definition) is 2. The minimum atomic E-state index is -0.281. The van der Waals surface area contributed by atoms with Crippen LogP contribution in [0.2, 0.25) is 0 Å². The zero-order chi connectivity index (χ0) is 15.7. The highest BCUT2D eigenvalue weighted by Gasteiger charge is 2.03. The van der Waals surface area contributed by atoms with Gasteiger partial charge in [0, 0.05) is 10.0 Å². The third kappa shape index (κ3) is 5.79. The summed E-state index contributed by atoms with van der Waals surface area (Å²) in [4.78, 5) is 11.8. The van der Waals surface area contributed by atoms with Crippen molar-refractivity contribution in [1.82, 2.24) is 5.43 Å². The molecule has 0 aliphatic rings. The molecular weight excluding hydrogens is 332 g/mol. The zero-order valence-corrected chi connectivity index (χ0v) is 13.5. The second kappa shape index (κ2) is 8.92. The van der Waals surface area contributed by atoms with Gasteiger partial charge in [0.2, 0.25) is 0 Å². The fraction of sp³-hybridized carbons (Fsp3) is 0.125. The van der Waals surface area contributed by atoms with Crippen molar-refractivity contribution in [3.05, 3.63) is 64.1 Å². The maximum Gasteiger partial charge on any atom is 0.271 e. The van der Waals surface area contributed by atoms with E-state index >= 15 is 0 Å². The van der Waals surface area contributed by atoms with Crippen molar-refractivity contribution in [1.29, 1.82) is 0 Å². The molecule has 2 aromatic carbocycles. The van der Waals surface area contributed by atoms with Crippen molar-refractivity contribution in [2.24, 2.45) is 5.10 Å². The van der Waals surface area contributed by atoms with Gasteiger partial charge in [-0.1, -0.05) is 35.8 Å². The average molecular weight is 349 g/mol. The summed E-state index contributed by atoms with van der Waals surface area (Å²) in [7, 11) is 0. The molecule has 1 amide bonds. The third-order valence-electron chi connectivity index (χ3n) is 2.36. The molecule has 0 aromatic heterocycles. The number of phenolic OH excluding ortho intramolecular Hbond substituents is 1. The predicted octanol–water partition coefficient (Wildman–Crippen LogP) is 3.94. The minimum absolute atomic E-state index is 0.190. The molecule has 110 valence electrons. The number of hydrazone groups is 1. The first kappa shape index (κ1) is 16.9. The Morgan fingerprint density at radius 1 is 1.19 bits per heavy atom. The van der Waals surface area contributed by atoms with Crippen molar-refractivity contribution < 1.29 is 9.90 Å². The van der Waals surface area contributed by atoms with E-state index in [0.29, 0.717) is 5.56 Å². The SMILES string of the molecule is CC.O=C(N/N=C/c1ccc(O)cc1)c1cccc(Br)c1. The molecule has 0 saturated carbocycles. The number of halogens is 1. The van der Waals surface area contributed by atoms with Gasteiger partial charge in [0.15, 0.2) is 0 Å². The van der Waals surface area contributed by atoms with Crippen LogP contribution < -0.4 is 5.43 Å². The van der Waals surface area contributed by atoms with Crippen LogP contribution in [0, 0.1) is 0 Å². The summed E-state index contributed by atoms with van der Waals surface area (Å²) in [5, 5.41) is 13.0. The predicted molar refractivity (Wildman–Crippen MR) is 88.7 cm³/mol. The van der Waals surface area contributed by atoms with Gasteiger partial charge >= 0.3 is 0 Å². The van der Waals surface area contributed by atoms with Crippen LogP contribution in [0.1, 0.15) is 29.8 Å². The molecule has 0 radical (unpaired) electrons. The van der Waals surface area contributed by atoms with E-state index in [1.54, 1.807) is 42.5 Å². The van der Waals surface area contributed by atoms with E-state index in [1.165, 1.54) is 6.21 Å². The highest BCUT2D eigenvalue weighted by atomic mass is 79.9. The van der Waals surface area contributed by atoms with Crippen molar-refractivity contribution in [3.63, 3.8) is 0 Å². The molecule has 0 fully saturated rings. The number of phenols is 1. The molecule has 0 heterocycles. The van der Waals surface area contributed by atoms with E-state index in [9.17, 15) is 4.79 Å². The van der Waals surface area contributed by atoms with E-state index in [0.717, 1.165) is 10.0 Å². The summed E-state index contributed by atoms with van der Waals surface area (Å²) in [5.41, 5.74) is 3.75. The fourth-order valence-corrected chi connectivity index (χ4v) is 1.82. The number of nitrogens with zero attached hydrogens (tertiary/aromatic N) is 1. The van der Waals surface area contributed by atoms with Crippen LogP contribution in [0.15, 0.2) is 58.1 Å². The lowest BCUT2D eigenvalue weighted by molar-refractivity contribution is 0.0955. The first-order valence-corrected chi connectivity index (χ1v) is 7.32. The zero-order valence-electron chi connectivity index (χ0n) is 11.9. The molecule has 0 saturated heterocycles. The molecule has 0 spiro atoms. The van der Waals surface area contributed by atoms with Crippen LogP contribution in [0.5, 0.6) is 5.75 Å². The number of benzene rings is 2. The molecule has 0 aliphatic heterocycles. The number of aromatic hydroxyl groups is 1. The number of carbonyl (C=O) groups is 1. The van der Waals surface area contributed by atoms with E-state index in [1.807, 2.05) is 19.9 Å². The van der Waals surface area contributed by atoms with Crippen molar-refractivity contribution in [2.45, 2.75) is 13.8 Å². The van der Waals surface area contributed by atoms with Gasteiger partial charge in [-0.05, 0) is 48.0 Å². The highest BCUT2D eigenvalue weighted by molar-refractivity contribution is 9.10. The lowest BCUT2D eigenvalue weighted by Gasteiger charge is -2.00. The molecule has 2 rings (SSSR count). The summed E-state index contributed by atoms with van der Waals surface area (Å²) in [6.45, 7) is 4.00. The summed E-state index contributed by atoms with van der Waals surface area (Å²) in [5.74, 6) is -0.0911. The Kier molecular flexibility index (Phi) is 7.18. The highest BCUT2D eigenvalue weighted by Crippen LogP contribution is 2.11. The summed E-state index contributed by atoms with van der Waals surface area (Å²) in [6, 6.07) is 13.5. The number of hydrogen-bond acceptors (Lipinski definition) is 3. The maximum atomic E-state index is 11.8. The maximum absolute atomic E-state index is 11.8. The van der Waals surface area contributed by atoms with Gasteiger partial charge in [-0.2, -0.15) is 5.10 Å². The Morgan fingerprint density at radius 2 is 1.86 bits per heavy atom. The van der Waals surface area contributed by atoms with Crippen molar-refractivity contribution >= 4 is 28.1 Å². The Balaban J connectivity index is 0.00000106. The third-order valence-corrected chi connectivity index (χ3v) is 2.85. The molecule has 0 bridgehead atoms.